The first-order chi connectivity index (χ1) is 8.89. The Bertz CT molecular complexity index is 456. The number of aromatic nitrogens is 1. The van der Waals surface area contributed by atoms with E-state index in [1.807, 2.05) is 0 Å². The van der Waals surface area contributed by atoms with Gasteiger partial charge in [-0.05, 0) is 13.0 Å². The number of nitrogens with one attached hydrogen (secondary N) is 2. The lowest BCUT2D eigenvalue weighted by atomic mass is 10.3. The fourth-order valence-corrected chi connectivity index (χ4v) is 1.28. The van der Waals surface area contributed by atoms with Crippen LogP contribution >= 0.6 is 0 Å². The lowest BCUT2D eigenvalue weighted by Crippen LogP contribution is -2.31. The molecule has 19 heavy (non-hydrogen) atoms. The molecule has 1 aromatic rings. The fourth-order valence-electron chi connectivity index (χ4n) is 1.28. The molecule has 1 rings (SSSR count). The second kappa shape index (κ2) is 6.23. The normalized spacial score (nSPS) is 11.2. The number of nitro groups is 1. The summed E-state index contributed by atoms with van der Waals surface area (Å²) in [7, 11) is 0. The van der Waals surface area contributed by atoms with Gasteiger partial charge in [0, 0.05) is 12.6 Å². The smallest absolute Gasteiger partial charge is 0.311 e. The number of aliphatic hydroxyl groups is 1. The summed E-state index contributed by atoms with van der Waals surface area (Å²) >= 11 is 0. The Morgan fingerprint density at radius 3 is 2.68 bits per heavy atom. The Morgan fingerprint density at radius 2 is 2.16 bits per heavy atom. The van der Waals surface area contributed by atoms with E-state index in [4.69, 9.17) is 5.11 Å². The molecule has 1 heterocycles. The number of rotatable bonds is 7. The number of hydrogen-bond acceptors (Lipinski definition) is 6. The van der Waals surface area contributed by atoms with E-state index in [1.165, 1.54) is 12.1 Å². The van der Waals surface area contributed by atoms with E-state index in [2.05, 4.69) is 15.6 Å². The third kappa shape index (κ3) is 4.28. The summed E-state index contributed by atoms with van der Waals surface area (Å²) in [6.07, 6.45) is 0. The molecule has 106 valence electrons. The third-order valence-corrected chi connectivity index (χ3v) is 2.17. The van der Waals surface area contributed by atoms with Crippen LogP contribution < -0.4 is 10.6 Å². The molecule has 9 heteroatoms. The number of anilines is 2. The van der Waals surface area contributed by atoms with Gasteiger partial charge in [0.1, 0.15) is 12.4 Å². The molecule has 0 spiro atoms. The maximum Gasteiger partial charge on any atom is 0.311 e. The first-order valence-corrected chi connectivity index (χ1v) is 5.51. The van der Waals surface area contributed by atoms with Crippen LogP contribution in [0.3, 0.4) is 0 Å². The second-order valence-corrected chi connectivity index (χ2v) is 3.72. The largest absolute Gasteiger partial charge is 0.390 e. The van der Waals surface area contributed by atoms with Crippen molar-refractivity contribution in [1.29, 1.82) is 0 Å². The summed E-state index contributed by atoms with van der Waals surface area (Å²) in [5.41, 5.74) is -0.407. The van der Waals surface area contributed by atoms with Crippen molar-refractivity contribution in [2.24, 2.45) is 0 Å². The maximum atomic E-state index is 12.9. The van der Waals surface area contributed by atoms with E-state index >= 15 is 0 Å². The monoisotopic (exact) mass is 276 g/mol. The van der Waals surface area contributed by atoms with Crippen molar-refractivity contribution in [3.63, 3.8) is 0 Å². The van der Waals surface area contributed by atoms with Crippen LogP contribution in [-0.4, -0.2) is 40.6 Å². The van der Waals surface area contributed by atoms with Crippen molar-refractivity contribution < 1.29 is 18.8 Å². The van der Waals surface area contributed by atoms with E-state index in [0.29, 0.717) is 12.4 Å². The number of aliphatic hydroxyl groups excluding tert-OH is 1. The zero-order chi connectivity index (χ0) is 14.5. The molecule has 0 aliphatic carbocycles. The number of alkyl halides is 2. The molecule has 0 atom stereocenters. The summed E-state index contributed by atoms with van der Waals surface area (Å²) in [5, 5.41) is 24.2. The molecule has 0 unspecified atom stereocenters. The molecular formula is C10H14F2N4O3. The Morgan fingerprint density at radius 1 is 1.47 bits per heavy atom. The van der Waals surface area contributed by atoms with E-state index in [1.54, 1.807) is 6.92 Å². The van der Waals surface area contributed by atoms with Gasteiger partial charge in [-0.25, -0.2) is 13.8 Å². The topological polar surface area (TPSA) is 100 Å². The van der Waals surface area contributed by atoms with Crippen LogP contribution in [0.2, 0.25) is 0 Å². The van der Waals surface area contributed by atoms with Gasteiger partial charge in [0.25, 0.3) is 5.92 Å². The Labute approximate surface area is 107 Å². The molecule has 3 N–H and O–H groups in total. The minimum Gasteiger partial charge on any atom is -0.390 e. The van der Waals surface area contributed by atoms with Crippen molar-refractivity contribution in [2.75, 3.05) is 30.3 Å². The van der Waals surface area contributed by atoms with Crippen LogP contribution in [-0.2, 0) is 0 Å². The minimum absolute atomic E-state index is 0.267. The summed E-state index contributed by atoms with van der Waals surface area (Å²) in [4.78, 5) is 13.9. The number of hydrogen-bond donors (Lipinski definition) is 3. The molecule has 0 aliphatic rings. The predicted octanol–water partition coefficient (Wildman–Crippen LogP) is 1.46. The molecule has 0 amide bonds. The van der Waals surface area contributed by atoms with Crippen molar-refractivity contribution in [2.45, 2.75) is 12.8 Å². The number of nitrogens with zero attached hydrogens (tertiary/aromatic N) is 2. The van der Waals surface area contributed by atoms with Crippen LogP contribution in [0.25, 0.3) is 0 Å². The van der Waals surface area contributed by atoms with Crippen LogP contribution in [0.15, 0.2) is 12.1 Å². The standard InChI is InChI=1S/C10H14F2N4O3/c1-2-13-8-4-3-7(16(18)19)9(15-8)14-5-10(11,12)6-17/h3-4,17H,2,5-6H2,1H3,(H2,13,14,15). The minimum atomic E-state index is -3.37. The fraction of sp³-hybridized carbons (Fsp3) is 0.500. The zero-order valence-electron chi connectivity index (χ0n) is 10.2. The quantitative estimate of drug-likeness (QED) is 0.515. The Kier molecular flexibility index (Phi) is 4.93. The zero-order valence-corrected chi connectivity index (χ0v) is 10.2. The van der Waals surface area contributed by atoms with Crippen molar-refractivity contribution >= 4 is 17.3 Å². The van der Waals surface area contributed by atoms with Crippen LogP contribution in [0.1, 0.15) is 6.92 Å². The highest BCUT2D eigenvalue weighted by atomic mass is 19.3. The third-order valence-electron chi connectivity index (χ3n) is 2.17. The van der Waals surface area contributed by atoms with E-state index in [9.17, 15) is 18.9 Å². The molecule has 0 saturated carbocycles. The number of halogens is 2. The highest BCUT2D eigenvalue weighted by Gasteiger charge is 2.29. The second-order valence-electron chi connectivity index (χ2n) is 3.72. The van der Waals surface area contributed by atoms with Crippen LogP contribution in [0.4, 0.5) is 26.1 Å². The van der Waals surface area contributed by atoms with Gasteiger partial charge in [0.15, 0.2) is 0 Å². The molecule has 0 bridgehead atoms. The highest BCUT2D eigenvalue weighted by molar-refractivity contribution is 5.60. The van der Waals surface area contributed by atoms with E-state index < -0.39 is 29.7 Å². The predicted molar refractivity (Wildman–Crippen MR) is 65.6 cm³/mol. The van der Waals surface area contributed by atoms with Gasteiger partial charge in [0.2, 0.25) is 5.82 Å². The Balaban J connectivity index is 2.94. The molecule has 1 aromatic heterocycles. The van der Waals surface area contributed by atoms with E-state index in [0.717, 1.165) is 0 Å². The maximum absolute atomic E-state index is 12.9. The molecule has 0 radical (unpaired) electrons. The van der Waals surface area contributed by atoms with Crippen LogP contribution in [0.5, 0.6) is 0 Å². The van der Waals surface area contributed by atoms with Gasteiger partial charge >= 0.3 is 5.69 Å². The lowest BCUT2D eigenvalue weighted by Gasteiger charge is -2.14. The first-order valence-electron chi connectivity index (χ1n) is 5.51. The van der Waals surface area contributed by atoms with Crippen molar-refractivity contribution in [1.82, 2.24) is 4.98 Å². The van der Waals surface area contributed by atoms with Gasteiger partial charge in [0.05, 0.1) is 11.5 Å². The SMILES string of the molecule is CCNc1ccc([N+](=O)[O-])c(NCC(F)(F)CO)n1. The van der Waals surface area contributed by atoms with Crippen molar-refractivity contribution in [3.05, 3.63) is 22.2 Å². The molecule has 0 saturated heterocycles. The average Bonchev–Trinajstić information content (AvgIpc) is 2.37. The summed E-state index contributed by atoms with van der Waals surface area (Å²) < 4.78 is 25.8. The molecule has 0 aliphatic heterocycles. The summed E-state index contributed by atoms with van der Waals surface area (Å²) in [5.74, 6) is -3.30. The van der Waals surface area contributed by atoms with Gasteiger partial charge in [-0.2, -0.15) is 0 Å². The molecule has 7 nitrogen and oxygen atoms in total. The Hall–Kier alpha value is -2.03. The molecule has 0 aromatic carbocycles. The van der Waals surface area contributed by atoms with Crippen LogP contribution in [0, 0.1) is 10.1 Å². The van der Waals surface area contributed by atoms with E-state index in [-0.39, 0.29) is 5.82 Å². The lowest BCUT2D eigenvalue weighted by molar-refractivity contribution is -0.384. The molecular weight excluding hydrogens is 262 g/mol. The summed E-state index contributed by atoms with van der Waals surface area (Å²) in [6.45, 7) is 0.0563. The highest BCUT2D eigenvalue weighted by Crippen LogP contribution is 2.25. The molecule has 0 fully saturated rings. The van der Waals surface area contributed by atoms with Gasteiger partial charge < -0.3 is 15.7 Å². The average molecular weight is 276 g/mol. The first kappa shape index (κ1) is 15.0. The van der Waals surface area contributed by atoms with Crippen molar-refractivity contribution in [3.8, 4) is 0 Å². The summed E-state index contributed by atoms with van der Waals surface area (Å²) in [6, 6.07) is 2.56. The van der Waals surface area contributed by atoms with Gasteiger partial charge in [-0.15, -0.1) is 0 Å². The van der Waals surface area contributed by atoms with Gasteiger partial charge in [-0.1, -0.05) is 0 Å². The van der Waals surface area contributed by atoms with Gasteiger partial charge in [-0.3, -0.25) is 10.1 Å². The number of pyridine rings is 1.